The van der Waals surface area contributed by atoms with E-state index in [4.69, 9.17) is 11.6 Å². The molecule has 0 saturated carbocycles. The number of nitrogens with one attached hydrogen (secondary N) is 1. The Kier molecular flexibility index (Phi) is 4.79. The number of benzene rings is 1. The van der Waals surface area contributed by atoms with E-state index in [1.54, 1.807) is 12.1 Å². The zero-order valence-electron chi connectivity index (χ0n) is 8.94. The smallest absolute Gasteiger partial charge is 0.294 e. The first-order valence-corrected chi connectivity index (χ1v) is 5.44. The van der Waals surface area contributed by atoms with E-state index in [1.165, 1.54) is 4.90 Å². The lowest BCUT2D eigenvalue weighted by atomic mass is 10.3. The minimum atomic E-state index is -0.499. The molecule has 86 valence electrons. The molecule has 1 aromatic rings. The first-order chi connectivity index (χ1) is 7.69. The molecule has 0 heterocycles. The SMILES string of the molecule is CCN(C(=O)NC(=O)CCl)c1ccccc1. The number of urea groups is 1. The third-order valence-corrected chi connectivity index (χ3v) is 2.24. The van der Waals surface area contributed by atoms with Gasteiger partial charge in [0.15, 0.2) is 0 Å². The van der Waals surface area contributed by atoms with Gasteiger partial charge in [0.05, 0.1) is 0 Å². The summed E-state index contributed by atoms with van der Waals surface area (Å²) >= 11 is 5.31. The van der Waals surface area contributed by atoms with Crippen molar-refractivity contribution in [2.24, 2.45) is 0 Å². The van der Waals surface area contributed by atoms with Gasteiger partial charge in [-0.1, -0.05) is 18.2 Å². The highest BCUT2D eigenvalue weighted by Crippen LogP contribution is 2.12. The zero-order valence-corrected chi connectivity index (χ0v) is 9.70. The molecular weight excluding hydrogens is 228 g/mol. The van der Waals surface area contributed by atoms with Crippen molar-refractivity contribution in [3.63, 3.8) is 0 Å². The molecule has 4 nitrogen and oxygen atoms in total. The van der Waals surface area contributed by atoms with Gasteiger partial charge < -0.3 is 0 Å². The van der Waals surface area contributed by atoms with Gasteiger partial charge in [0.1, 0.15) is 5.88 Å². The average molecular weight is 241 g/mol. The molecule has 0 fully saturated rings. The zero-order chi connectivity index (χ0) is 12.0. The minimum absolute atomic E-state index is 0.224. The lowest BCUT2D eigenvalue weighted by molar-refractivity contribution is -0.117. The van der Waals surface area contributed by atoms with E-state index in [0.717, 1.165) is 5.69 Å². The van der Waals surface area contributed by atoms with Crippen molar-refractivity contribution in [1.82, 2.24) is 5.32 Å². The molecule has 16 heavy (non-hydrogen) atoms. The van der Waals surface area contributed by atoms with E-state index in [0.29, 0.717) is 6.54 Å². The van der Waals surface area contributed by atoms with Gasteiger partial charge in [0, 0.05) is 12.2 Å². The summed E-state index contributed by atoms with van der Waals surface area (Å²) in [7, 11) is 0. The molecule has 0 saturated heterocycles. The molecule has 1 aromatic carbocycles. The number of halogens is 1. The molecule has 0 aliphatic rings. The van der Waals surface area contributed by atoms with Crippen LogP contribution in [-0.4, -0.2) is 24.4 Å². The maximum absolute atomic E-state index is 11.7. The van der Waals surface area contributed by atoms with Crippen LogP contribution in [0.5, 0.6) is 0 Å². The number of carbonyl (C=O) groups is 2. The summed E-state index contributed by atoms with van der Waals surface area (Å²) < 4.78 is 0. The van der Waals surface area contributed by atoms with Crippen LogP contribution in [0.25, 0.3) is 0 Å². The monoisotopic (exact) mass is 240 g/mol. The van der Waals surface area contributed by atoms with Crippen LogP contribution >= 0.6 is 11.6 Å². The largest absolute Gasteiger partial charge is 0.328 e. The fraction of sp³-hybridized carbons (Fsp3) is 0.273. The quantitative estimate of drug-likeness (QED) is 0.822. The number of imide groups is 1. The molecule has 0 aliphatic heterocycles. The maximum atomic E-state index is 11.7. The van der Waals surface area contributed by atoms with Gasteiger partial charge in [-0.25, -0.2) is 4.79 Å². The first kappa shape index (κ1) is 12.5. The summed E-state index contributed by atoms with van der Waals surface area (Å²) in [5.74, 6) is -0.723. The van der Waals surface area contributed by atoms with Crippen LogP contribution in [0, 0.1) is 0 Å². The Balaban J connectivity index is 2.75. The van der Waals surface area contributed by atoms with Crippen LogP contribution < -0.4 is 10.2 Å². The van der Waals surface area contributed by atoms with E-state index < -0.39 is 11.9 Å². The number of anilines is 1. The second kappa shape index (κ2) is 6.12. The van der Waals surface area contributed by atoms with E-state index in [2.05, 4.69) is 5.32 Å². The van der Waals surface area contributed by atoms with Gasteiger partial charge in [0.25, 0.3) is 0 Å². The highest BCUT2D eigenvalue weighted by Gasteiger charge is 2.15. The number of hydrogen-bond acceptors (Lipinski definition) is 2. The number of hydrogen-bond donors (Lipinski definition) is 1. The molecule has 1 N–H and O–H groups in total. The predicted octanol–water partition coefficient (Wildman–Crippen LogP) is 1.99. The first-order valence-electron chi connectivity index (χ1n) is 4.91. The average Bonchev–Trinajstić information content (AvgIpc) is 2.31. The van der Waals surface area contributed by atoms with E-state index in [-0.39, 0.29) is 5.88 Å². The Hall–Kier alpha value is -1.55. The Labute approximate surface area is 99.2 Å². The second-order valence-corrected chi connectivity index (χ2v) is 3.33. The number of para-hydroxylation sites is 1. The summed E-state index contributed by atoms with van der Waals surface area (Å²) in [6, 6.07) is 8.66. The van der Waals surface area contributed by atoms with Crippen molar-refractivity contribution in [1.29, 1.82) is 0 Å². The van der Waals surface area contributed by atoms with Crippen LogP contribution in [0.3, 0.4) is 0 Å². The number of alkyl halides is 1. The standard InChI is InChI=1S/C11H13ClN2O2/c1-2-14(9-6-4-3-5-7-9)11(16)13-10(15)8-12/h3-7H,2,8H2,1H3,(H,13,15,16). The second-order valence-electron chi connectivity index (χ2n) is 3.07. The molecule has 0 bridgehead atoms. The summed E-state index contributed by atoms with van der Waals surface area (Å²) in [4.78, 5) is 24.1. The van der Waals surface area contributed by atoms with E-state index in [9.17, 15) is 9.59 Å². The molecule has 0 aliphatic carbocycles. The van der Waals surface area contributed by atoms with Crippen LogP contribution in [0.1, 0.15) is 6.92 Å². The highest BCUT2D eigenvalue weighted by molar-refractivity contribution is 6.28. The Morgan fingerprint density at radius 1 is 1.31 bits per heavy atom. The fourth-order valence-electron chi connectivity index (χ4n) is 1.27. The van der Waals surface area contributed by atoms with Crippen molar-refractivity contribution >= 4 is 29.2 Å². The molecule has 5 heteroatoms. The van der Waals surface area contributed by atoms with Crippen molar-refractivity contribution < 1.29 is 9.59 Å². The number of nitrogens with zero attached hydrogens (tertiary/aromatic N) is 1. The van der Waals surface area contributed by atoms with E-state index in [1.807, 2.05) is 25.1 Å². The third-order valence-electron chi connectivity index (χ3n) is 2.00. The van der Waals surface area contributed by atoms with Crippen LogP contribution in [0.2, 0.25) is 0 Å². The minimum Gasteiger partial charge on any atom is -0.294 e. The molecule has 3 amide bonds. The maximum Gasteiger partial charge on any atom is 0.328 e. The van der Waals surface area contributed by atoms with Crippen molar-refractivity contribution in [2.45, 2.75) is 6.92 Å². The highest BCUT2D eigenvalue weighted by atomic mass is 35.5. The van der Waals surface area contributed by atoms with Crippen molar-refractivity contribution in [3.8, 4) is 0 Å². The molecular formula is C11H13ClN2O2. The van der Waals surface area contributed by atoms with Gasteiger partial charge in [0.2, 0.25) is 5.91 Å². The lowest BCUT2D eigenvalue weighted by Crippen LogP contribution is -2.43. The van der Waals surface area contributed by atoms with Gasteiger partial charge >= 0.3 is 6.03 Å². The van der Waals surface area contributed by atoms with Gasteiger partial charge in [-0.15, -0.1) is 11.6 Å². The summed E-state index contributed by atoms with van der Waals surface area (Å²) in [6.07, 6.45) is 0. The Morgan fingerprint density at radius 2 is 1.94 bits per heavy atom. The summed E-state index contributed by atoms with van der Waals surface area (Å²) in [5.41, 5.74) is 0.741. The molecule has 0 atom stereocenters. The van der Waals surface area contributed by atoms with E-state index >= 15 is 0 Å². The van der Waals surface area contributed by atoms with Crippen molar-refractivity contribution in [3.05, 3.63) is 30.3 Å². The summed E-state index contributed by atoms with van der Waals surface area (Å²) in [6.45, 7) is 2.31. The number of rotatable bonds is 3. The van der Waals surface area contributed by atoms with Gasteiger partial charge in [-0.05, 0) is 19.1 Å². The molecule has 0 spiro atoms. The predicted molar refractivity (Wildman–Crippen MR) is 63.7 cm³/mol. The molecule has 0 radical (unpaired) electrons. The lowest BCUT2D eigenvalue weighted by Gasteiger charge is -2.20. The van der Waals surface area contributed by atoms with Crippen LogP contribution in [0.4, 0.5) is 10.5 Å². The Morgan fingerprint density at radius 3 is 2.44 bits per heavy atom. The summed E-state index contributed by atoms with van der Waals surface area (Å²) in [5, 5.41) is 2.20. The Bertz CT molecular complexity index is 368. The topological polar surface area (TPSA) is 49.4 Å². The number of amides is 3. The number of carbonyl (C=O) groups excluding carboxylic acids is 2. The normalized spacial score (nSPS) is 9.62. The molecule has 0 aromatic heterocycles. The molecule has 1 rings (SSSR count). The van der Waals surface area contributed by atoms with Gasteiger partial charge in [-0.2, -0.15) is 0 Å². The fourth-order valence-corrected chi connectivity index (χ4v) is 1.34. The molecule has 0 unspecified atom stereocenters. The van der Waals surface area contributed by atoms with Gasteiger partial charge in [-0.3, -0.25) is 15.0 Å². The van der Waals surface area contributed by atoms with Crippen molar-refractivity contribution in [2.75, 3.05) is 17.3 Å². The third kappa shape index (κ3) is 3.24. The van der Waals surface area contributed by atoms with Crippen LogP contribution in [-0.2, 0) is 4.79 Å². The van der Waals surface area contributed by atoms with Crippen LogP contribution in [0.15, 0.2) is 30.3 Å².